The van der Waals surface area contributed by atoms with Crippen molar-refractivity contribution in [3.8, 4) is 0 Å². The van der Waals surface area contributed by atoms with Crippen LogP contribution in [0.1, 0.15) is 29.5 Å². The SMILES string of the molecule is Cc1ccc(S(=O)(=O)N(CC(=O)NCc2ccc(CN3CCCC3=O)cc2)c2ccc(F)cc2)cc1. The summed E-state index contributed by atoms with van der Waals surface area (Å²) >= 11 is 0. The topological polar surface area (TPSA) is 86.8 Å². The molecule has 0 aromatic heterocycles. The van der Waals surface area contributed by atoms with E-state index in [-0.39, 0.29) is 23.0 Å². The summed E-state index contributed by atoms with van der Waals surface area (Å²) < 4.78 is 41.2. The highest BCUT2D eigenvalue weighted by molar-refractivity contribution is 7.92. The van der Waals surface area contributed by atoms with Crippen molar-refractivity contribution in [1.82, 2.24) is 10.2 Å². The Labute approximate surface area is 210 Å². The van der Waals surface area contributed by atoms with E-state index in [1.54, 1.807) is 12.1 Å². The fraction of sp³-hybridized carbons (Fsp3) is 0.259. The van der Waals surface area contributed by atoms with E-state index >= 15 is 0 Å². The molecule has 2 amide bonds. The largest absolute Gasteiger partial charge is 0.350 e. The lowest BCUT2D eigenvalue weighted by atomic mass is 10.1. The second kappa shape index (κ2) is 10.9. The first kappa shape index (κ1) is 25.4. The van der Waals surface area contributed by atoms with E-state index in [1.807, 2.05) is 36.1 Å². The van der Waals surface area contributed by atoms with Gasteiger partial charge in [-0.05, 0) is 60.9 Å². The van der Waals surface area contributed by atoms with Gasteiger partial charge in [0.25, 0.3) is 10.0 Å². The molecule has 1 aliphatic rings. The van der Waals surface area contributed by atoms with Crippen molar-refractivity contribution in [2.45, 2.75) is 37.8 Å². The molecule has 4 rings (SSSR count). The third-order valence-electron chi connectivity index (χ3n) is 6.07. The Morgan fingerprint density at radius 1 is 0.972 bits per heavy atom. The first-order valence-electron chi connectivity index (χ1n) is 11.7. The maximum Gasteiger partial charge on any atom is 0.264 e. The molecule has 1 saturated heterocycles. The molecule has 188 valence electrons. The third-order valence-corrected chi connectivity index (χ3v) is 7.86. The van der Waals surface area contributed by atoms with Crippen molar-refractivity contribution in [3.05, 3.63) is 95.3 Å². The molecule has 0 radical (unpaired) electrons. The van der Waals surface area contributed by atoms with Crippen molar-refractivity contribution in [1.29, 1.82) is 0 Å². The number of rotatable bonds is 9. The van der Waals surface area contributed by atoms with E-state index in [0.29, 0.717) is 13.0 Å². The Kier molecular flexibility index (Phi) is 7.69. The number of carbonyl (C=O) groups is 2. The number of nitrogens with zero attached hydrogens (tertiary/aromatic N) is 2. The Bertz CT molecular complexity index is 1320. The third kappa shape index (κ3) is 6.09. The van der Waals surface area contributed by atoms with Gasteiger partial charge in [-0.25, -0.2) is 12.8 Å². The van der Waals surface area contributed by atoms with Gasteiger partial charge in [-0.2, -0.15) is 0 Å². The van der Waals surface area contributed by atoms with Gasteiger partial charge in [0.1, 0.15) is 12.4 Å². The molecule has 0 saturated carbocycles. The summed E-state index contributed by atoms with van der Waals surface area (Å²) in [6, 6.07) is 18.9. The molecule has 36 heavy (non-hydrogen) atoms. The van der Waals surface area contributed by atoms with Crippen LogP contribution in [0.3, 0.4) is 0 Å². The standard InChI is InChI=1S/C27H28FN3O4S/c1-20-4-14-25(15-5-20)36(34,35)31(24-12-10-23(28)11-13-24)19-26(32)29-17-21-6-8-22(9-7-21)18-30-16-2-3-27(30)33/h4-15H,2-3,16-19H2,1H3,(H,29,32). The summed E-state index contributed by atoms with van der Waals surface area (Å²) in [5, 5.41) is 2.76. The van der Waals surface area contributed by atoms with Crippen LogP contribution in [0, 0.1) is 12.7 Å². The van der Waals surface area contributed by atoms with E-state index in [0.717, 1.165) is 46.1 Å². The number of likely N-dealkylation sites (tertiary alicyclic amines) is 1. The van der Waals surface area contributed by atoms with Crippen molar-refractivity contribution in [3.63, 3.8) is 0 Å². The summed E-state index contributed by atoms with van der Waals surface area (Å²) in [6.45, 7) is 2.93. The minimum absolute atomic E-state index is 0.0392. The highest BCUT2D eigenvalue weighted by Gasteiger charge is 2.27. The van der Waals surface area contributed by atoms with Crippen LogP contribution in [0.25, 0.3) is 0 Å². The van der Waals surface area contributed by atoms with E-state index in [4.69, 9.17) is 0 Å². The normalized spacial score (nSPS) is 13.6. The van der Waals surface area contributed by atoms with Crippen molar-refractivity contribution < 1.29 is 22.4 Å². The van der Waals surface area contributed by atoms with Gasteiger partial charge in [-0.1, -0.05) is 42.0 Å². The van der Waals surface area contributed by atoms with Crippen LogP contribution in [0.2, 0.25) is 0 Å². The summed E-state index contributed by atoms with van der Waals surface area (Å²) in [5.74, 6) is -0.840. The molecule has 0 atom stereocenters. The van der Waals surface area contributed by atoms with Gasteiger partial charge >= 0.3 is 0 Å². The monoisotopic (exact) mass is 509 g/mol. The van der Waals surface area contributed by atoms with Crippen LogP contribution in [0.4, 0.5) is 10.1 Å². The molecule has 1 aliphatic heterocycles. The molecule has 3 aromatic carbocycles. The Morgan fingerprint density at radius 2 is 1.61 bits per heavy atom. The molecule has 1 fully saturated rings. The van der Waals surface area contributed by atoms with Crippen LogP contribution in [0.5, 0.6) is 0 Å². The van der Waals surface area contributed by atoms with Crippen LogP contribution < -0.4 is 9.62 Å². The molecule has 0 spiro atoms. The van der Waals surface area contributed by atoms with E-state index in [2.05, 4.69) is 5.32 Å². The van der Waals surface area contributed by atoms with E-state index < -0.39 is 28.3 Å². The molecule has 1 heterocycles. The molecule has 3 aromatic rings. The smallest absolute Gasteiger partial charge is 0.264 e. The number of carbonyl (C=O) groups excluding carboxylic acids is 2. The fourth-order valence-electron chi connectivity index (χ4n) is 4.00. The number of aryl methyl sites for hydroxylation is 1. The summed E-state index contributed by atoms with van der Waals surface area (Å²) in [4.78, 5) is 26.5. The van der Waals surface area contributed by atoms with Gasteiger partial charge in [0, 0.05) is 26.1 Å². The van der Waals surface area contributed by atoms with Gasteiger partial charge in [0.2, 0.25) is 11.8 Å². The van der Waals surface area contributed by atoms with Gasteiger partial charge in [0.15, 0.2) is 0 Å². The average Bonchev–Trinajstić information content (AvgIpc) is 3.27. The Hall–Kier alpha value is -3.72. The zero-order valence-electron chi connectivity index (χ0n) is 20.0. The van der Waals surface area contributed by atoms with E-state index in [1.165, 1.54) is 24.3 Å². The summed E-state index contributed by atoms with van der Waals surface area (Å²) in [6.07, 6.45) is 1.48. The Balaban J connectivity index is 1.44. The summed E-state index contributed by atoms with van der Waals surface area (Å²) in [7, 11) is -4.07. The van der Waals surface area contributed by atoms with Gasteiger partial charge in [-0.3, -0.25) is 13.9 Å². The van der Waals surface area contributed by atoms with E-state index in [9.17, 15) is 22.4 Å². The Morgan fingerprint density at radius 3 is 2.22 bits per heavy atom. The average molecular weight is 510 g/mol. The molecule has 0 bridgehead atoms. The number of benzene rings is 3. The molecule has 9 heteroatoms. The molecule has 0 aliphatic carbocycles. The number of halogens is 1. The van der Waals surface area contributed by atoms with Gasteiger partial charge < -0.3 is 10.2 Å². The predicted molar refractivity (Wildman–Crippen MR) is 135 cm³/mol. The predicted octanol–water partition coefficient (Wildman–Crippen LogP) is 3.77. The quantitative estimate of drug-likeness (QED) is 0.476. The van der Waals surface area contributed by atoms with Crippen LogP contribution in [-0.2, 0) is 32.7 Å². The number of sulfonamides is 1. The fourth-order valence-corrected chi connectivity index (χ4v) is 5.42. The number of hydrogen-bond donors (Lipinski definition) is 1. The van der Waals surface area contributed by atoms with Crippen LogP contribution >= 0.6 is 0 Å². The second-order valence-electron chi connectivity index (χ2n) is 8.81. The molecule has 0 unspecified atom stereocenters. The number of amides is 2. The summed E-state index contributed by atoms with van der Waals surface area (Å²) in [5.41, 5.74) is 2.94. The number of anilines is 1. The molecular formula is C27H28FN3O4S. The second-order valence-corrected chi connectivity index (χ2v) is 10.7. The van der Waals surface area contributed by atoms with Crippen LogP contribution in [-0.4, -0.2) is 38.2 Å². The lowest BCUT2D eigenvalue weighted by Gasteiger charge is -2.24. The number of nitrogens with one attached hydrogen (secondary N) is 1. The zero-order chi connectivity index (χ0) is 25.7. The first-order chi connectivity index (χ1) is 17.2. The van der Waals surface area contributed by atoms with Gasteiger partial charge in [0.05, 0.1) is 10.6 Å². The lowest BCUT2D eigenvalue weighted by Crippen LogP contribution is -2.40. The minimum atomic E-state index is -4.07. The van der Waals surface area contributed by atoms with Crippen molar-refractivity contribution >= 4 is 27.5 Å². The van der Waals surface area contributed by atoms with Crippen molar-refractivity contribution in [2.24, 2.45) is 0 Å². The molecular weight excluding hydrogens is 481 g/mol. The molecule has 7 nitrogen and oxygen atoms in total. The number of hydrogen-bond acceptors (Lipinski definition) is 4. The first-order valence-corrected chi connectivity index (χ1v) is 13.1. The van der Waals surface area contributed by atoms with Gasteiger partial charge in [-0.15, -0.1) is 0 Å². The van der Waals surface area contributed by atoms with Crippen LogP contribution in [0.15, 0.2) is 77.7 Å². The maximum atomic E-state index is 13.5. The molecule has 1 N–H and O–H groups in total. The van der Waals surface area contributed by atoms with Crippen molar-refractivity contribution in [2.75, 3.05) is 17.4 Å². The highest BCUT2D eigenvalue weighted by atomic mass is 32.2. The highest BCUT2D eigenvalue weighted by Crippen LogP contribution is 2.24. The maximum absolute atomic E-state index is 13.5. The lowest BCUT2D eigenvalue weighted by molar-refractivity contribution is -0.128. The minimum Gasteiger partial charge on any atom is -0.350 e. The zero-order valence-corrected chi connectivity index (χ0v) is 20.8.